The van der Waals surface area contributed by atoms with Crippen molar-refractivity contribution in [3.05, 3.63) is 52.7 Å². The third kappa shape index (κ3) is 6.12. The minimum atomic E-state index is -1.09. The molecule has 0 amide bonds. The van der Waals surface area contributed by atoms with Crippen molar-refractivity contribution >= 4 is 19.2 Å². The van der Waals surface area contributed by atoms with Crippen LogP contribution in [0.3, 0.4) is 0 Å². The van der Waals surface area contributed by atoms with Crippen LogP contribution in [0.25, 0.3) is 11.2 Å². The standard InChI is InChI=1S/C27H41N5OSi/c1-19-12-24(13-20(2)29-19)14-23-8-9-31(17-23)21(3)25-15-26-27(28-16-25)32(22(4)30-26)18-33-10-11-34(5,6)7/h12-13,15-16,21,23H,8-11,14,17-18H2,1-7H3. The third-order valence-electron chi connectivity index (χ3n) is 7.03. The van der Waals surface area contributed by atoms with E-state index in [-0.39, 0.29) is 0 Å². The molecule has 2 unspecified atom stereocenters. The smallest absolute Gasteiger partial charge is 0.161 e. The Morgan fingerprint density at radius 3 is 2.53 bits per heavy atom. The molecule has 1 fully saturated rings. The van der Waals surface area contributed by atoms with Gasteiger partial charge in [-0.2, -0.15) is 0 Å². The van der Waals surface area contributed by atoms with Gasteiger partial charge in [-0.05, 0) is 88.4 Å². The lowest BCUT2D eigenvalue weighted by Gasteiger charge is -2.24. The summed E-state index contributed by atoms with van der Waals surface area (Å²) in [6, 6.07) is 8.21. The molecule has 184 valence electrons. The van der Waals surface area contributed by atoms with Gasteiger partial charge >= 0.3 is 0 Å². The summed E-state index contributed by atoms with van der Waals surface area (Å²) >= 11 is 0. The van der Waals surface area contributed by atoms with Gasteiger partial charge in [0.05, 0.1) is 0 Å². The lowest BCUT2D eigenvalue weighted by atomic mass is 9.98. The van der Waals surface area contributed by atoms with Crippen LogP contribution in [-0.2, 0) is 17.9 Å². The van der Waals surface area contributed by atoms with Gasteiger partial charge in [-0.3, -0.25) is 14.5 Å². The summed E-state index contributed by atoms with van der Waals surface area (Å²) in [5.74, 6) is 1.65. The van der Waals surface area contributed by atoms with Gasteiger partial charge in [-0.1, -0.05) is 19.6 Å². The van der Waals surface area contributed by atoms with Crippen molar-refractivity contribution in [3.8, 4) is 0 Å². The third-order valence-corrected chi connectivity index (χ3v) is 8.73. The summed E-state index contributed by atoms with van der Waals surface area (Å²) in [5, 5.41) is 0. The molecular weight excluding hydrogens is 438 g/mol. The van der Waals surface area contributed by atoms with E-state index in [2.05, 4.69) is 73.1 Å². The van der Waals surface area contributed by atoms with E-state index in [1.807, 2.05) is 13.1 Å². The van der Waals surface area contributed by atoms with Gasteiger partial charge in [0, 0.05) is 44.9 Å². The zero-order valence-electron chi connectivity index (χ0n) is 22.1. The highest BCUT2D eigenvalue weighted by Crippen LogP contribution is 2.30. The molecule has 1 aliphatic heterocycles. The van der Waals surface area contributed by atoms with Crippen LogP contribution in [0.15, 0.2) is 24.4 Å². The fourth-order valence-electron chi connectivity index (χ4n) is 5.02. The second kappa shape index (κ2) is 10.3. The first-order valence-electron chi connectivity index (χ1n) is 12.7. The minimum absolute atomic E-state index is 0.335. The molecular formula is C27H41N5OSi. The molecule has 3 aromatic heterocycles. The van der Waals surface area contributed by atoms with Crippen LogP contribution >= 0.6 is 0 Å². The SMILES string of the molecule is Cc1cc(CC2CCN(C(C)c3cnc4c(c3)nc(C)n4COCC[Si](C)(C)C)C2)cc(C)n1. The Bertz CT molecular complexity index is 1120. The molecule has 0 aromatic carbocycles. The van der Waals surface area contributed by atoms with E-state index in [9.17, 15) is 0 Å². The molecule has 0 saturated carbocycles. The number of nitrogens with zero attached hydrogens (tertiary/aromatic N) is 5. The Balaban J connectivity index is 1.39. The van der Waals surface area contributed by atoms with Crippen molar-refractivity contribution < 1.29 is 4.74 Å². The quantitative estimate of drug-likeness (QED) is 0.291. The number of aromatic nitrogens is 4. The Morgan fingerprint density at radius 1 is 1.09 bits per heavy atom. The van der Waals surface area contributed by atoms with Gasteiger partial charge in [-0.15, -0.1) is 0 Å². The van der Waals surface area contributed by atoms with Gasteiger partial charge in [0.15, 0.2) is 5.65 Å². The Hall–Kier alpha value is -2.09. The minimum Gasteiger partial charge on any atom is -0.361 e. The number of pyridine rings is 2. The molecule has 0 spiro atoms. The Kier molecular flexibility index (Phi) is 7.55. The first-order valence-corrected chi connectivity index (χ1v) is 16.4. The van der Waals surface area contributed by atoms with Crippen molar-refractivity contribution in [2.24, 2.45) is 5.92 Å². The Morgan fingerprint density at radius 2 is 1.82 bits per heavy atom. The maximum Gasteiger partial charge on any atom is 0.161 e. The zero-order valence-corrected chi connectivity index (χ0v) is 23.1. The number of fused-ring (bicyclic) bond motifs is 1. The molecule has 1 aliphatic rings. The van der Waals surface area contributed by atoms with Gasteiger partial charge in [0.25, 0.3) is 0 Å². The molecule has 0 bridgehead atoms. The fourth-order valence-corrected chi connectivity index (χ4v) is 5.78. The molecule has 0 radical (unpaired) electrons. The molecule has 4 rings (SSSR count). The van der Waals surface area contributed by atoms with Crippen molar-refractivity contribution in [2.75, 3.05) is 19.7 Å². The molecule has 4 heterocycles. The van der Waals surface area contributed by atoms with Crippen LogP contribution in [0, 0.1) is 26.7 Å². The van der Waals surface area contributed by atoms with E-state index >= 15 is 0 Å². The second-order valence-electron chi connectivity index (χ2n) is 11.3. The van der Waals surface area contributed by atoms with Gasteiger partial charge in [0.2, 0.25) is 0 Å². The van der Waals surface area contributed by atoms with Crippen molar-refractivity contribution in [1.29, 1.82) is 0 Å². The molecule has 7 heteroatoms. The Labute approximate surface area is 205 Å². The normalized spacial score (nSPS) is 18.1. The number of hydrogen-bond acceptors (Lipinski definition) is 5. The maximum atomic E-state index is 5.98. The summed E-state index contributed by atoms with van der Waals surface area (Å²) in [7, 11) is -1.09. The lowest BCUT2D eigenvalue weighted by Crippen LogP contribution is -2.25. The summed E-state index contributed by atoms with van der Waals surface area (Å²) < 4.78 is 8.08. The average molecular weight is 480 g/mol. The van der Waals surface area contributed by atoms with Crippen LogP contribution in [0.2, 0.25) is 25.7 Å². The summed E-state index contributed by atoms with van der Waals surface area (Å²) in [6.07, 6.45) is 4.41. The van der Waals surface area contributed by atoms with Crippen LogP contribution < -0.4 is 0 Å². The highest BCUT2D eigenvalue weighted by Gasteiger charge is 2.27. The molecule has 6 nitrogen and oxygen atoms in total. The van der Waals surface area contributed by atoms with Crippen molar-refractivity contribution in [2.45, 2.75) is 79.0 Å². The molecule has 2 atom stereocenters. The number of rotatable bonds is 9. The van der Waals surface area contributed by atoms with E-state index in [1.54, 1.807) is 0 Å². The van der Waals surface area contributed by atoms with E-state index in [4.69, 9.17) is 14.7 Å². The molecule has 0 aliphatic carbocycles. The van der Waals surface area contributed by atoms with Crippen LogP contribution in [0.4, 0.5) is 0 Å². The first kappa shape index (κ1) is 25.0. The fraction of sp³-hybridized carbons (Fsp3) is 0.593. The average Bonchev–Trinajstić information content (AvgIpc) is 3.32. The summed E-state index contributed by atoms with van der Waals surface area (Å²) in [4.78, 5) is 16.7. The van der Waals surface area contributed by atoms with Gasteiger partial charge in [-0.25, -0.2) is 9.97 Å². The lowest BCUT2D eigenvalue weighted by molar-refractivity contribution is 0.0881. The number of imidazole rings is 1. The van der Waals surface area contributed by atoms with Crippen molar-refractivity contribution in [1.82, 2.24) is 24.4 Å². The second-order valence-corrected chi connectivity index (χ2v) is 17.0. The van der Waals surface area contributed by atoms with Crippen molar-refractivity contribution in [3.63, 3.8) is 0 Å². The predicted octanol–water partition coefficient (Wildman–Crippen LogP) is 5.69. The van der Waals surface area contributed by atoms with Crippen LogP contribution in [0.1, 0.15) is 47.7 Å². The predicted molar refractivity (Wildman–Crippen MR) is 142 cm³/mol. The van der Waals surface area contributed by atoms with E-state index in [0.717, 1.165) is 54.5 Å². The number of ether oxygens (including phenoxy) is 1. The van der Waals surface area contributed by atoms with Crippen LogP contribution in [-0.4, -0.2) is 52.2 Å². The maximum absolute atomic E-state index is 5.98. The first-order chi connectivity index (χ1) is 16.1. The van der Waals surface area contributed by atoms with E-state index < -0.39 is 8.07 Å². The summed E-state index contributed by atoms with van der Waals surface area (Å²) in [6.45, 7) is 19.2. The largest absolute Gasteiger partial charge is 0.361 e. The number of aryl methyl sites for hydroxylation is 3. The highest BCUT2D eigenvalue weighted by atomic mass is 28.3. The number of likely N-dealkylation sites (tertiary alicyclic amines) is 1. The highest BCUT2D eigenvalue weighted by molar-refractivity contribution is 6.76. The van der Waals surface area contributed by atoms with Gasteiger partial charge < -0.3 is 4.74 Å². The van der Waals surface area contributed by atoms with Crippen LogP contribution in [0.5, 0.6) is 0 Å². The molecule has 34 heavy (non-hydrogen) atoms. The number of hydrogen-bond donors (Lipinski definition) is 0. The van der Waals surface area contributed by atoms with E-state index in [0.29, 0.717) is 18.7 Å². The topological polar surface area (TPSA) is 56.1 Å². The molecule has 3 aromatic rings. The zero-order chi connectivity index (χ0) is 24.5. The molecule has 0 N–H and O–H groups in total. The van der Waals surface area contributed by atoms with E-state index in [1.165, 1.54) is 23.6 Å². The summed E-state index contributed by atoms with van der Waals surface area (Å²) in [5.41, 5.74) is 6.79. The monoisotopic (exact) mass is 479 g/mol. The van der Waals surface area contributed by atoms with Gasteiger partial charge in [0.1, 0.15) is 18.1 Å². The molecule has 1 saturated heterocycles.